The Morgan fingerprint density at radius 3 is 1.35 bits per heavy atom. The molecule has 1 N–H and O–H groups in total. The molecule has 0 aliphatic carbocycles. The van der Waals surface area contributed by atoms with Crippen LogP contribution < -0.4 is 5.32 Å². The Kier molecular flexibility index (Phi) is 41.3. The van der Waals surface area contributed by atoms with Gasteiger partial charge in [0.2, 0.25) is 0 Å². The summed E-state index contributed by atoms with van der Waals surface area (Å²) in [5, 5.41) is 2.86. The first kappa shape index (κ1) is 59.2. The van der Waals surface area contributed by atoms with Gasteiger partial charge in [0.1, 0.15) is 26.4 Å². The summed E-state index contributed by atoms with van der Waals surface area (Å²) in [6, 6.07) is 0. The minimum absolute atomic E-state index is 0.0678. The van der Waals surface area contributed by atoms with Crippen LogP contribution in [-0.2, 0) is 28.5 Å². The molecule has 1 fully saturated rings. The van der Waals surface area contributed by atoms with Crippen LogP contribution >= 0.6 is 21.6 Å². The maximum atomic E-state index is 13.4. The van der Waals surface area contributed by atoms with Crippen molar-refractivity contribution in [2.75, 3.05) is 77.2 Å². The number of hydrogen-bond acceptors (Lipinski definition) is 11. The van der Waals surface area contributed by atoms with E-state index in [0.717, 1.165) is 110 Å². The Labute approximate surface area is 393 Å². The van der Waals surface area contributed by atoms with Gasteiger partial charge in [0, 0.05) is 24.6 Å². The predicted molar refractivity (Wildman–Crippen MR) is 264 cm³/mol. The number of esters is 2. The molecule has 0 aromatic rings. The van der Waals surface area contributed by atoms with Crippen molar-refractivity contribution in [3.63, 3.8) is 0 Å². The Morgan fingerprint density at radius 1 is 0.508 bits per heavy atom. The van der Waals surface area contributed by atoms with Gasteiger partial charge in [-0.15, -0.1) is 0 Å². The monoisotopic (exact) mass is 930 g/mol. The number of likely N-dealkylation sites (tertiary alicyclic amines) is 1. The lowest BCUT2D eigenvalue weighted by Crippen LogP contribution is -2.38. The van der Waals surface area contributed by atoms with Crippen molar-refractivity contribution in [1.82, 2.24) is 15.1 Å². The van der Waals surface area contributed by atoms with E-state index >= 15 is 0 Å². The van der Waals surface area contributed by atoms with Crippen molar-refractivity contribution in [3.05, 3.63) is 0 Å². The number of amides is 2. The van der Waals surface area contributed by atoms with Gasteiger partial charge in [-0.25, -0.2) is 9.59 Å². The highest BCUT2D eigenvalue weighted by Gasteiger charge is 2.23. The number of alkyl carbamates (subject to hydrolysis) is 1. The van der Waals surface area contributed by atoms with Crippen LogP contribution in [0.25, 0.3) is 0 Å². The second-order valence-corrected chi connectivity index (χ2v) is 20.3. The molecule has 1 aliphatic rings. The van der Waals surface area contributed by atoms with E-state index in [1.54, 1.807) is 21.6 Å². The minimum Gasteiger partial charge on any atom is -0.464 e. The molecule has 2 amide bonds. The molecule has 63 heavy (non-hydrogen) atoms. The molecule has 0 saturated carbocycles. The van der Waals surface area contributed by atoms with Gasteiger partial charge in [0.15, 0.2) is 0 Å². The summed E-state index contributed by atoms with van der Waals surface area (Å²) in [7, 11) is 3.12. The molecule has 1 heterocycles. The van der Waals surface area contributed by atoms with Gasteiger partial charge in [-0.3, -0.25) is 9.59 Å². The van der Waals surface area contributed by atoms with Crippen molar-refractivity contribution in [1.29, 1.82) is 0 Å². The summed E-state index contributed by atoms with van der Waals surface area (Å²) >= 11 is 0. The molecule has 13 heteroatoms. The summed E-state index contributed by atoms with van der Waals surface area (Å²) in [6.45, 7) is 13.4. The van der Waals surface area contributed by atoms with Crippen molar-refractivity contribution in [3.8, 4) is 0 Å². The average Bonchev–Trinajstić information content (AvgIpc) is 3.56. The van der Waals surface area contributed by atoms with E-state index in [4.69, 9.17) is 18.9 Å². The number of nitrogens with one attached hydrogen (secondary N) is 1. The summed E-state index contributed by atoms with van der Waals surface area (Å²) in [5.41, 5.74) is 0. The van der Waals surface area contributed by atoms with Crippen molar-refractivity contribution in [2.24, 2.45) is 11.8 Å². The van der Waals surface area contributed by atoms with Crippen LogP contribution in [-0.4, -0.2) is 111 Å². The van der Waals surface area contributed by atoms with Crippen molar-refractivity contribution in [2.45, 2.75) is 207 Å². The van der Waals surface area contributed by atoms with Gasteiger partial charge in [0.05, 0.1) is 24.9 Å². The molecule has 0 aromatic heterocycles. The normalized spacial score (nSPS) is 14.1. The number of carbonyl (C=O) groups excluding carboxylic acids is 4. The van der Waals surface area contributed by atoms with Crippen LogP contribution in [0.15, 0.2) is 0 Å². The zero-order chi connectivity index (χ0) is 45.9. The Balaban J connectivity index is 2.69. The van der Waals surface area contributed by atoms with Gasteiger partial charge in [-0.1, -0.05) is 191 Å². The molecule has 0 aromatic carbocycles. The van der Waals surface area contributed by atoms with E-state index in [2.05, 4.69) is 37.9 Å². The van der Waals surface area contributed by atoms with Crippen LogP contribution in [0.3, 0.4) is 0 Å². The summed E-state index contributed by atoms with van der Waals surface area (Å²) in [6.07, 6.45) is 30.6. The molecule has 0 bridgehead atoms. The molecule has 0 spiro atoms. The first-order chi connectivity index (χ1) is 30.9. The van der Waals surface area contributed by atoms with Gasteiger partial charge in [-0.05, 0) is 51.6 Å². The molecular formula is C50H95N3O8S2. The van der Waals surface area contributed by atoms with Crippen LogP contribution in [0.2, 0.25) is 0 Å². The number of ether oxygens (including phenoxy) is 4. The second kappa shape index (κ2) is 44.0. The van der Waals surface area contributed by atoms with E-state index < -0.39 is 6.09 Å². The minimum atomic E-state index is -0.515. The Hall–Kier alpha value is -1.86. The lowest BCUT2D eigenvalue weighted by molar-refractivity contribution is -0.149. The highest BCUT2D eigenvalue weighted by atomic mass is 33.1. The maximum absolute atomic E-state index is 13.4. The highest BCUT2D eigenvalue weighted by Crippen LogP contribution is 2.23. The molecule has 1 saturated heterocycles. The fourth-order valence-corrected chi connectivity index (χ4v) is 9.70. The molecule has 1 aliphatic heterocycles. The van der Waals surface area contributed by atoms with Crippen molar-refractivity contribution < 1.29 is 38.1 Å². The van der Waals surface area contributed by atoms with E-state index in [1.807, 2.05) is 0 Å². The first-order valence-corrected chi connectivity index (χ1v) is 28.5. The van der Waals surface area contributed by atoms with Crippen LogP contribution in [0, 0.1) is 11.8 Å². The molecule has 1 rings (SSSR count). The quantitative estimate of drug-likeness (QED) is 0.0272. The third kappa shape index (κ3) is 35.1. The molecule has 2 atom stereocenters. The predicted octanol–water partition coefficient (Wildman–Crippen LogP) is 13.2. The van der Waals surface area contributed by atoms with E-state index in [9.17, 15) is 19.2 Å². The molecule has 370 valence electrons. The lowest BCUT2D eigenvalue weighted by Gasteiger charge is -2.23. The van der Waals surface area contributed by atoms with E-state index in [1.165, 1.54) is 94.8 Å². The second-order valence-electron chi connectivity index (χ2n) is 17.6. The van der Waals surface area contributed by atoms with Gasteiger partial charge in [-0.2, -0.15) is 0 Å². The Bertz CT molecular complexity index is 1050. The number of hydrogen-bond donors (Lipinski definition) is 1. The molecule has 0 radical (unpaired) electrons. The smallest absolute Gasteiger partial charge is 0.410 e. The van der Waals surface area contributed by atoms with Crippen molar-refractivity contribution >= 4 is 45.7 Å². The Morgan fingerprint density at radius 2 is 0.905 bits per heavy atom. The summed E-state index contributed by atoms with van der Waals surface area (Å²) in [4.78, 5) is 56.3. The largest absolute Gasteiger partial charge is 0.464 e. The van der Waals surface area contributed by atoms with Crippen LogP contribution in [0.5, 0.6) is 0 Å². The fraction of sp³-hybridized carbons (Fsp3) is 0.920. The first-order valence-electron chi connectivity index (χ1n) is 26.0. The molecular weight excluding hydrogens is 835 g/mol. The maximum Gasteiger partial charge on any atom is 0.410 e. The van der Waals surface area contributed by atoms with Crippen LogP contribution in [0.1, 0.15) is 207 Å². The zero-order valence-corrected chi connectivity index (χ0v) is 42.5. The standard InChI is InChI=1S/C50H95N3O8S2/c1-5-9-13-17-19-25-31-45(29-23-15-11-7-3)47(54)58-39-37-53(38-40-59-48(55)46(30-24-16-12-8-4)32-26-20-18-14-10-6-2)50(57)61-42-44-63-62-43-41-60-49(56)51-33-36-52-34-27-21-22-28-35-52/h45-46H,5-44H2,1-4H3,(H,51,56). The number of unbranched alkanes of at least 4 members (excludes halogenated alkanes) is 16. The lowest BCUT2D eigenvalue weighted by atomic mass is 9.94. The number of rotatable bonds is 42. The molecule has 11 nitrogen and oxygen atoms in total. The number of carbonyl (C=O) groups is 4. The molecule has 2 unspecified atom stereocenters. The average molecular weight is 930 g/mol. The van der Waals surface area contributed by atoms with Gasteiger partial charge in [0.25, 0.3) is 0 Å². The zero-order valence-electron chi connectivity index (χ0n) is 40.9. The third-order valence-corrected chi connectivity index (χ3v) is 14.4. The topological polar surface area (TPSA) is 124 Å². The SMILES string of the molecule is CCCCCCCCC(CCCCCC)C(=O)OCCN(CCOC(=O)C(CCCCCC)CCCCCCCC)C(=O)OCCSSCCOC(=O)NCCN1CCCCCC1. The van der Waals surface area contributed by atoms with Gasteiger partial charge < -0.3 is 34.1 Å². The summed E-state index contributed by atoms with van der Waals surface area (Å²) in [5.74, 6) is 0.577. The number of nitrogens with zero attached hydrogens (tertiary/aromatic N) is 2. The highest BCUT2D eigenvalue weighted by molar-refractivity contribution is 8.76. The van der Waals surface area contributed by atoms with Gasteiger partial charge >= 0.3 is 24.1 Å². The van der Waals surface area contributed by atoms with E-state index in [-0.39, 0.29) is 62.8 Å². The van der Waals surface area contributed by atoms with Crippen LogP contribution in [0.4, 0.5) is 9.59 Å². The fourth-order valence-electron chi connectivity index (χ4n) is 8.05. The third-order valence-electron chi connectivity index (χ3n) is 12.0. The summed E-state index contributed by atoms with van der Waals surface area (Å²) < 4.78 is 22.7. The van der Waals surface area contributed by atoms with E-state index in [0.29, 0.717) is 24.7 Å².